The maximum Gasteiger partial charge on any atom is 0.410 e. The number of halogens is 1. The number of nitrogens with zero attached hydrogens (tertiary/aromatic N) is 2. The summed E-state index contributed by atoms with van der Waals surface area (Å²) in [6.45, 7) is 7.84. The standard InChI is InChI=1S/C20H25FN4O4S/c1-11-16(17(22)30-24-11)18(26)23-12-5-6-14(21)15(9-12)28-13-7-8-25(10-13)19(27)29-20(2,3)4/h5-6,9,13H,7-8,10,22H2,1-4H3,(H,23,26)/t13-/m0/s1. The first-order valence-electron chi connectivity index (χ1n) is 9.50. The van der Waals surface area contributed by atoms with Crippen molar-refractivity contribution in [3.05, 3.63) is 35.3 Å². The predicted molar refractivity (Wildman–Crippen MR) is 112 cm³/mol. The minimum Gasteiger partial charge on any atom is -0.485 e. The molecular weight excluding hydrogens is 411 g/mol. The zero-order valence-electron chi connectivity index (χ0n) is 17.3. The number of amides is 2. The van der Waals surface area contributed by atoms with Gasteiger partial charge in [-0.2, -0.15) is 4.37 Å². The maximum atomic E-state index is 14.3. The maximum absolute atomic E-state index is 14.3. The SMILES string of the molecule is Cc1nsc(N)c1C(=O)Nc1ccc(F)c(O[C@H]2CCN(C(=O)OC(C)(C)C)C2)c1. The van der Waals surface area contributed by atoms with E-state index in [-0.39, 0.29) is 11.9 Å². The summed E-state index contributed by atoms with van der Waals surface area (Å²) in [5, 5.41) is 3.00. The van der Waals surface area contributed by atoms with Crippen molar-refractivity contribution in [3.8, 4) is 5.75 Å². The molecule has 0 unspecified atom stereocenters. The first-order chi connectivity index (χ1) is 14.0. The predicted octanol–water partition coefficient (Wildman–Crippen LogP) is 3.81. The van der Waals surface area contributed by atoms with Crippen molar-refractivity contribution in [2.24, 2.45) is 0 Å². The molecule has 1 aliphatic heterocycles. The van der Waals surface area contributed by atoms with E-state index in [0.29, 0.717) is 41.5 Å². The largest absolute Gasteiger partial charge is 0.485 e. The van der Waals surface area contributed by atoms with Crippen molar-refractivity contribution in [3.63, 3.8) is 0 Å². The van der Waals surface area contributed by atoms with E-state index in [0.717, 1.165) is 11.5 Å². The summed E-state index contributed by atoms with van der Waals surface area (Å²) in [6.07, 6.45) is -0.254. The summed E-state index contributed by atoms with van der Waals surface area (Å²) in [5.41, 5.74) is 6.41. The van der Waals surface area contributed by atoms with Crippen molar-refractivity contribution in [2.45, 2.75) is 45.8 Å². The summed E-state index contributed by atoms with van der Waals surface area (Å²) in [6, 6.07) is 4.06. The highest BCUT2D eigenvalue weighted by molar-refractivity contribution is 7.10. The Balaban J connectivity index is 1.65. The number of nitrogens with one attached hydrogen (secondary N) is 1. The minimum atomic E-state index is -0.589. The van der Waals surface area contributed by atoms with Crippen molar-refractivity contribution in [1.82, 2.24) is 9.27 Å². The number of nitrogen functional groups attached to an aromatic ring is 1. The highest BCUT2D eigenvalue weighted by Crippen LogP contribution is 2.27. The average Bonchev–Trinajstić information content (AvgIpc) is 3.23. The molecule has 0 spiro atoms. The van der Waals surface area contributed by atoms with Crippen LogP contribution in [0.15, 0.2) is 18.2 Å². The fourth-order valence-electron chi connectivity index (χ4n) is 3.02. The third-order valence-electron chi connectivity index (χ3n) is 4.40. The molecule has 2 aromatic rings. The first-order valence-corrected chi connectivity index (χ1v) is 10.3. The van der Waals surface area contributed by atoms with E-state index < -0.39 is 23.4 Å². The lowest BCUT2D eigenvalue weighted by atomic mass is 10.2. The van der Waals surface area contributed by atoms with Crippen LogP contribution >= 0.6 is 11.5 Å². The number of carbonyl (C=O) groups is 2. The van der Waals surface area contributed by atoms with E-state index in [2.05, 4.69) is 9.69 Å². The van der Waals surface area contributed by atoms with Gasteiger partial charge in [0, 0.05) is 24.7 Å². The van der Waals surface area contributed by atoms with Crippen LogP contribution in [0.3, 0.4) is 0 Å². The Morgan fingerprint density at radius 3 is 2.73 bits per heavy atom. The molecule has 10 heteroatoms. The van der Waals surface area contributed by atoms with Gasteiger partial charge < -0.3 is 25.4 Å². The number of hydrogen-bond acceptors (Lipinski definition) is 7. The van der Waals surface area contributed by atoms with Gasteiger partial charge in [0.15, 0.2) is 11.6 Å². The lowest BCUT2D eigenvalue weighted by molar-refractivity contribution is 0.0275. The van der Waals surface area contributed by atoms with Gasteiger partial charge in [0.05, 0.1) is 17.8 Å². The van der Waals surface area contributed by atoms with E-state index in [1.807, 2.05) is 0 Å². The lowest BCUT2D eigenvalue weighted by Crippen LogP contribution is -2.36. The number of hydrogen-bond donors (Lipinski definition) is 2. The van der Waals surface area contributed by atoms with Crippen LogP contribution in [0.5, 0.6) is 5.75 Å². The van der Waals surface area contributed by atoms with Crippen molar-refractivity contribution in [1.29, 1.82) is 0 Å². The Kier molecular flexibility index (Phi) is 6.16. The molecular formula is C20H25FN4O4S. The fraction of sp³-hybridized carbons (Fsp3) is 0.450. The van der Waals surface area contributed by atoms with Crippen LogP contribution < -0.4 is 15.8 Å². The van der Waals surface area contributed by atoms with Crippen molar-refractivity contribution < 1.29 is 23.5 Å². The van der Waals surface area contributed by atoms with Crippen molar-refractivity contribution >= 4 is 34.2 Å². The molecule has 2 amide bonds. The van der Waals surface area contributed by atoms with Crippen LogP contribution in [0.25, 0.3) is 0 Å². The number of likely N-dealkylation sites (tertiary alicyclic amines) is 1. The zero-order chi connectivity index (χ0) is 22.1. The molecule has 3 rings (SSSR count). The number of ether oxygens (including phenoxy) is 2. The molecule has 3 N–H and O–H groups in total. The van der Waals surface area contributed by atoms with Crippen LogP contribution in [0, 0.1) is 12.7 Å². The van der Waals surface area contributed by atoms with Gasteiger partial charge in [-0.15, -0.1) is 0 Å². The quantitative estimate of drug-likeness (QED) is 0.755. The van der Waals surface area contributed by atoms with Crippen LogP contribution in [0.1, 0.15) is 43.2 Å². The summed E-state index contributed by atoms with van der Waals surface area (Å²) >= 11 is 1.04. The molecule has 0 saturated carbocycles. The molecule has 0 aliphatic carbocycles. The molecule has 1 aliphatic rings. The van der Waals surface area contributed by atoms with Gasteiger partial charge in [-0.05, 0) is 51.4 Å². The molecule has 1 saturated heterocycles. The molecule has 1 atom stereocenters. The molecule has 8 nitrogen and oxygen atoms in total. The third kappa shape index (κ3) is 5.18. The molecule has 1 aromatic carbocycles. The summed E-state index contributed by atoms with van der Waals surface area (Å²) < 4.78 is 29.4. The normalized spacial score (nSPS) is 16.4. The van der Waals surface area contributed by atoms with Gasteiger partial charge in [-0.3, -0.25) is 4.79 Å². The van der Waals surface area contributed by atoms with Gasteiger partial charge in [0.1, 0.15) is 16.7 Å². The molecule has 0 bridgehead atoms. The summed E-state index contributed by atoms with van der Waals surface area (Å²) in [7, 11) is 0. The Bertz CT molecular complexity index is 937. The van der Waals surface area contributed by atoms with Crippen LogP contribution in [0.2, 0.25) is 0 Å². The second-order valence-corrected chi connectivity index (χ2v) is 8.87. The van der Waals surface area contributed by atoms with Crippen LogP contribution in [-0.2, 0) is 4.74 Å². The van der Waals surface area contributed by atoms with E-state index in [1.54, 1.807) is 27.7 Å². The molecule has 30 heavy (non-hydrogen) atoms. The van der Waals surface area contributed by atoms with E-state index >= 15 is 0 Å². The number of rotatable bonds is 4. The van der Waals surface area contributed by atoms with Crippen LogP contribution in [0.4, 0.5) is 19.9 Å². The number of aromatic nitrogens is 1. The molecule has 2 heterocycles. The van der Waals surface area contributed by atoms with Gasteiger partial charge in [-0.1, -0.05) is 0 Å². The number of benzene rings is 1. The Morgan fingerprint density at radius 1 is 1.37 bits per heavy atom. The second-order valence-electron chi connectivity index (χ2n) is 8.06. The highest BCUT2D eigenvalue weighted by Gasteiger charge is 2.31. The summed E-state index contributed by atoms with van der Waals surface area (Å²) in [4.78, 5) is 26.2. The highest BCUT2D eigenvalue weighted by atomic mass is 32.1. The Morgan fingerprint density at radius 2 is 2.10 bits per heavy atom. The van der Waals surface area contributed by atoms with Gasteiger partial charge in [0.2, 0.25) is 0 Å². The van der Waals surface area contributed by atoms with E-state index in [1.165, 1.54) is 23.1 Å². The second kappa shape index (κ2) is 8.47. The number of carbonyl (C=O) groups excluding carboxylic acids is 2. The van der Waals surface area contributed by atoms with Gasteiger partial charge >= 0.3 is 6.09 Å². The molecule has 1 aromatic heterocycles. The Hall–Kier alpha value is -2.88. The van der Waals surface area contributed by atoms with E-state index in [4.69, 9.17) is 15.2 Å². The number of aryl methyl sites for hydroxylation is 1. The first kappa shape index (κ1) is 21.8. The third-order valence-corrected chi connectivity index (χ3v) is 5.16. The molecule has 0 radical (unpaired) electrons. The number of anilines is 2. The van der Waals surface area contributed by atoms with E-state index in [9.17, 15) is 14.0 Å². The summed E-state index contributed by atoms with van der Waals surface area (Å²) in [5.74, 6) is -0.984. The molecule has 162 valence electrons. The average molecular weight is 437 g/mol. The fourth-order valence-corrected chi connectivity index (χ4v) is 3.68. The van der Waals surface area contributed by atoms with Crippen molar-refractivity contribution in [2.75, 3.05) is 24.1 Å². The smallest absolute Gasteiger partial charge is 0.410 e. The zero-order valence-corrected chi connectivity index (χ0v) is 18.1. The van der Waals surface area contributed by atoms with Crippen LogP contribution in [-0.4, -0.2) is 46.1 Å². The lowest BCUT2D eigenvalue weighted by Gasteiger charge is -2.24. The Labute approximate surface area is 178 Å². The monoisotopic (exact) mass is 436 g/mol. The topological polar surface area (TPSA) is 107 Å². The van der Waals surface area contributed by atoms with Gasteiger partial charge in [-0.25, -0.2) is 9.18 Å². The van der Waals surface area contributed by atoms with Gasteiger partial charge in [0.25, 0.3) is 5.91 Å². The molecule has 1 fully saturated rings. The minimum absolute atomic E-state index is 0.00280. The number of nitrogens with two attached hydrogens (primary N) is 1.